The Morgan fingerprint density at radius 1 is 0.968 bits per heavy atom. The van der Waals surface area contributed by atoms with Crippen molar-refractivity contribution in [2.45, 2.75) is 11.3 Å². The van der Waals surface area contributed by atoms with Crippen LogP contribution in [0, 0.1) is 0 Å². The molecule has 0 atom stereocenters. The van der Waals surface area contributed by atoms with Gasteiger partial charge in [0.25, 0.3) is 0 Å². The van der Waals surface area contributed by atoms with E-state index in [-0.39, 0.29) is 4.90 Å². The van der Waals surface area contributed by atoms with Crippen molar-refractivity contribution in [3.63, 3.8) is 0 Å². The smallest absolute Gasteiger partial charge is 0.244 e. The van der Waals surface area contributed by atoms with Crippen LogP contribution in [0.25, 0.3) is 0 Å². The fourth-order valence-electron chi connectivity index (χ4n) is 3.93. The van der Waals surface area contributed by atoms with E-state index in [0.29, 0.717) is 26.3 Å². The van der Waals surface area contributed by atoms with Crippen LogP contribution in [0.5, 0.6) is 5.75 Å². The molecule has 2 aromatic rings. The van der Waals surface area contributed by atoms with Crippen LogP contribution in [0.2, 0.25) is 0 Å². The number of ether oxygens (including phenoxy) is 2. The summed E-state index contributed by atoms with van der Waals surface area (Å²) in [5.41, 5.74) is 1.31. The standard InChI is InChI=1S/C22H30N4O4S/c1-29-20-4-2-19(3-5-20)8-9-24-10-12-25(13-11-24)22-7-6-21(18-23-22)31(27,28)26-14-16-30-17-15-26/h2-7,18H,8-17H2,1H3. The third-order valence-corrected chi connectivity index (χ3v) is 7.78. The molecule has 0 bridgehead atoms. The Hall–Kier alpha value is -2.20. The van der Waals surface area contributed by atoms with Crippen molar-refractivity contribution in [2.24, 2.45) is 0 Å². The van der Waals surface area contributed by atoms with Gasteiger partial charge < -0.3 is 14.4 Å². The van der Waals surface area contributed by atoms with Crippen molar-refractivity contribution < 1.29 is 17.9 Å². The molecule has 0 saturated carbocycles. The molecule has 0 spiro atoms. The average Bonchev–Trinajstić information content (AvgIpc) is 2.84. The van der Waals surface area contributed by atoms with E-state index >= 15 is 0 Å². The molecule has 1 aromatic carbocycles. The molecule has 0 aliphatic carbocycles. The highest BCUT2D eigenvalue weighted by Gasteiger charge is 2.27. The van der Waals surface area contributed by atoms with Crippen LogP contribution in [0.4, 0.5) is 5.82 Å². The Labute approximate surface area is 184 Å². The molecule has 0 radical (unpaired) electrons. The fraction of sp³-hybridized carbons (Fsp3) is 0.500. The summed E-state index contributed by atoms with van der Waals surface area (Å²) in [6.07, 6.45) is 2.49. The Morgan fingerprint density at radius 3 is 2.29 bits per heavy atom. The quantitative estimate of drug-likeness (QED) is 0.638. The number of piperazine rings is 1. The first-order valence-corrected chi connectivity index (χ1v) is 12.1. The molecule has 8 nitrogen and oxygen atoms in total. The predicted octanol–water partition coefficient (Wildman–Crippen LogP) is 1.48. The van der Waals surface area contributed by atoms with E-state index < -0.39 is 10.0 Å². The molecular formula is C22H30N4O4S. The zero-order chi connectivity index (χ0) is 21.7. The molecule has 0 amide bonds. The third-order valence-electron chi connectivity index (χ3n) is 5.90. The number of hydrogen-bond donors (Lipinski definition) is 0. The van der Waals surface area contributed by atoms with Crippen molar-refractivity contribution in [2.75, 3.05) is 71.0 Å². The highest BCUT2D eigenvalue weighted by Crippen LogP contribution is 2.20. The molecule has 31 heavy (non-hydrogen) atoms. The van der Waals surface area contributed by atoms with Crippen LogP contribution in [0.15, 0.2) is 47.5 Å². The number of benzene rings is 1. The average molecular weight is 447 g/mol. The number of nitrogens with zero attached hydrogens (tertiary/aromatic N) is 4. The van der Waals surface area contributed by atoms with E-state index in [0.717, 1.165) is 50.7 Å². The van der Waals surface area contributed by atoms with E-state index in [9.17, 15) is 8.42 Å². The third kappa shape index (κ3) is 5.35. The number of aromatic nitrogens is 1. The molecule has 1 aromatic heterocycles. The zero-order valence-corrected chi connectivity index (χ0v) is 18.8. The Balaban J connectivity index is 1.28. The van der Waals surface area contributed by atoms with Gasteiger partial charge in [-0.2, -0.15) is 4.31 Å². The second-order valence-electron chi connectivity index (χ2n) is 7.80. The maximum Gasteiger partial charge on any atom is 0.244 e. The van der Waals surface area contributed by atoms with Crippen LogP contribution in [0.1, 0.15) is 5.56 Å². The largest absolute Gasteiger partial charge is 0.497 e. The SMILES string of the molecule is COc1ccc(CCN2CCN(c3ccc(S(=O)(=O)N4CCOCC4)cn3)CC2)cc1. The first-order valence-electron chi connectivity index (χ1n) is 10.7. The zero-order valence-electron chi connectivity index (χ0n) is 17.9. The summed E-state index contributed by atoms with van der Waals surface area (Å²) in [7, 11) is -1.82. The first-order chi connectivity index (χ1) is 15.1. The number of sulfonamides is 1. The van der Waals surface area contributed by atoms with Gasteiger partial charge in [0.1, 0.15) is 16.5 Å². The lowest BCUT2D eigenvalue weighted by atomic mass is 10.1. The first kappa shape index (κ1) is 22.0. The Morgan fingerprint density at radius 2 is 1.68 bits per heavy atom. The minimum absolute atomic E-state index is 0.247. The topological polar surface area (TPSA) is 75.2 Å². The van der Waals surface area contributed by atoms with Gasteiger partial charge in [-0.1, -0.05) is 12.1 Å². The van der Waals surface area contributed by atoms with E-state index in [1.807, 2.05) is 18.2 Å². The van der Waals surface area contributed by atoms with Crippen LogP contribution in [0.3, 0.4) is 0 Å². The molecule has 168 valence electrons. The molecule has 2 aliphatic heterocycles. The van der Waals surface area contributed by atoms with Gasteiger partial charge in [0, 0.05) is 52.0 Å². The molecule has 2 aliphatic rings. The molecule has 0 N–H and O–H groups in total. The highest BCUT2D eigenvalue weighted by atomic mass is 32.2. The summed E-state index contributed by atoms with van der Waals surface area (Å²) in [5, 5.41) is 0. The van der Waals surface area contributed by atoms with Gasteiger partial charge >= 0.3 is 0 Å². The Kier molecular flexibility index (Phi) is 7.06. The van der Waals surface area contributed by atoms with Crippen molar-refractivity contribution in [3.8, 4) is 5.75 Å². The van der Waals surface area contributed by atoms with Gasteiger partial charge in [0.15, 0.2) is 0 Å². The summed E-state index contributed by atoms with van der Waals surface area (Å²) in [6, 6.07) is 11.7. The monoisotopic (exact) mass is 446 g/mol. The summed E-state index contributed by atoms with van der Waals surface area (Å²) in [4.78, 5) is 9.38. The van der Waals surface area contributed by atoms with Gasteiger partial charge in [0.2, 0.25) is 10.0 Å². The molecule has 4 rings (SSSR count). The molecule has 2 saturated heterocycles. The van der Waals surface area contributed by atoms with Crippen LogP contribution in [-0.2, 0) is 21.2 Å². The lowest BCUT2D eigenvalue weighted by molar-refractivity contribution is 0.0730. The summed E-state index contributed by atoms with van der Waals surface area (Å²) in [6.45, 7) is 6.37. The Bertz CT molecular complexity index is 936. The number of pyridine rings is 1. The van der Waals surface area contributed by atoms with E-state index in [2.05, 4.69) is 26.9 Å². The second-order valence-corrected chi connectivity index (χ2v) is 9.73. The van der Waals surface area contributed by atoms with E-state index in [4.69, 9.17) is 9.47 Å². The van der Waals surface area contributed by atoms with Crippen LogP contribution < -0.4 is 9.64 Å². The van der Waals surface area contributed by atoms with Crippen molar-refractivity contribution in [1.29, 1.82) is 0 Å². The number of morpholine rings is 1. The predicted molar refractivity (Wildman–Crippen MR) is 119 cm³/mol. The van der Waals surface area contributed by atoms with Gasteiger partial charge in [0.05, 0.1) is 20.3 Å². The molecule has 3 heterocycles. The second kappa shape index (κ2) is 9.95. The van der Waals surface area contributed by atoms with Gasteiger partial charge in [-0.15, -0.1) is 0 Å². The number of hydrogen-bond acceptors (Lipinski definition) is 7. The lowest BCUT2D eigenvalue weighted by Gasteiger charge is -2.35. The summed E-state index contributed by atoms with van der Waals surface area (Å²) >= 11 is 0. The van der Waals surface area contributed by atoms with E-state index in [1.54, 1.807) is 13.2 Å². The van der Waals surface area contributed by atoms with Gasteiger partial charge in [-0.05, 0) is 36.2 Å². The van der Waals surface area contributed by atoms with Crippen LogP contribution in [-0.4, -0.2) is 88.7 Å². The number of rotatable bonds is 7. The minimum atomic E-state index is -3.50. The normalized spacial score (nSPS) is 18.8. The highest BCUT2D eigenvalue weighted by molar-refractivity contribution is 7.89. The lowest BCUT2D eigenvalue weighted by Crippen LogP contribution is -2.47. The van der Waals surface area contributed by atoms with Crippen molar-refractivity contribution >= 4 is 15.8 Å². The van der Waals surface area contributed by atoms with E-state index in [1.165, 1.54) is 16.1 Å². The maximum atomic E-state index is 12.7. The minimum Gasteiger partial charge on any atom is -0.497 e. The van der Waals surface area contributed by atoms with Crippen LogP contribution >= 0.6 is 0 Å². The number of methoxy groups -OCH3 is 1. The number of anilines is 1. The maximum absolute atomic E-state index is 12.7. The molecular weight excluding hydrogens is 416 g/mol. The van der Waals surface area contributed by atoms with Crippen molar-refractivity contribution in [1.82, 2.24) is 14.2 Å². The summed E-state index contributed by atoms with van der Waals surface area (Å²) in [5.74, 6) is 1.71. The van der Waals surface area contributed by atoms with Crippen molar-refractivity contribution in [3.05, 3.63) is 48.2 Å². The molecule has 2 fully saturated rings. The van der Waals surface area contributed by atoms with Gasteiger partial charge in [-0.3, -0.25) is 4.90 Å². The van der Waals surface area contributed by atoms with Gasteiger partial charge in [-0.25, -0.2) is 13.4 Å². The summed E-state index contributed by atoms with van der Waals surface area (Å²) < 4.78 is 37.4. The molecule has 9 heteroatoms. The fourth-order valence-corrected chi connectivity index (χ4v) is 5.28. The molecule has 0 unspecified atom stereocenters.